The molecule has 1 saturated heterocycles. The minimum Gasteiger partial charge on any atom is -0.378 e. The Morgan fingerprint density at radius 2 is 2.35 bits per heavy atom. The van der Waals surface area contributed by atoms with Crippen LogP contribution in [0.1, 0.15) is 31.0 Å². The van der Waals surface area contributed by atoms with E-state index >= 15 is 0 Å². The highest BCUT2D eigenvalue weighted by Gasteiger charge is 2.25. The van der Waals surface area contributed by atoms with Crippen LogP contribution >= 0.6 is 0 Å². The molecule has 0 aromatic carbocycles. The molecule has 0 spiro atoms. The van der Waals surface area contributed by atoms with Crippen LogP contribution in [0.3, 0.4) is 0 Å². The van der Waals surface area contributed by atoms with Crippen LogP contribution in [0.15, 0.2) is 18.3 Å². The average molecular weight is 234 g/mol. The number of nitrogens with zero attached hydrogens (tertiary/aromatic N) is 1. The van der Waals surface area contributed by atoms with E-state index in [0.29, 0.717) is 12.0 Å². The maximum absolute atomic E-state index is 5.68. The minimum atomic E-state index is 0.457. The molecule has 2 heterocycles. The van der Waals surface area contributed by atoms with E-state index in [1.54, 1.807) is 0 Å². The van der Waals surface area contributed by atoms with Crippen LogP contribution < -0.4 is 5.32 Å². The van der Waals surface area contributed by atoms with Gasteiger partial charge in [-0.2, -0.15) is 0 Å². The number of aryl methyl sites for hydroxylation is 1. The van der Waals surface area contributed by atoms with Crippen LogP contribution in [-0.2, 0) is 11.3 Å². The SMILES string of the molecule is CCC1OCCC1CNCc1ccc(C)nc1. The van der Waals surface area contributed by atoms with Crippen LogP contribution in [0.2, 0.25) is 0 Å². The van der Waals surface area contributed by atoms with Crippen molar-refractivity contribution in [2.75, 3.05) is 13.2 Å². The number of hydrogen-bond donors (Lipinski definition) is 1. The maximum atomic E-state index is 5.68. The largest absolute Gasteiger partial charge is 0.378 e. The molecule has 1 fully saturated rings. The Hall–Kier alpha value is -0.930. The molecule has 1 aromatic heterocycles. The van der Waals surface area contributed by atoms with Crippen LogP contribution in [0.5, 0.6) is 0 Å². The molecule has 3 heteroatoms. The average Bonchev–Trinajstić information content (AvgIpc) is 2.79. The predicted octanol–water partition coefficient (Wildman–Crippen LogP) is 2.29. The van der Waals surface area contributed by atoms with Crippen molar-refractivity contribution in [1.82, 2.24) is 10.3 Å². The van der Waals surface area contributed by atoms with Gasteiger partial charge in [-0.15, -0.1) is 0 Å². The van der Waals surface area contributed by atoms with Crippen molar-refractivity contribution < 1.29 is 4.74 Å². The molecule has 2 unspecified atom stereocenters. The van der Waals surface area contributed by atoms with Crippen molar-refractivity contribution in [2.24, 2.45) is 5.92 Å². The third-order valence-corrected chi connectivity index (χ3v) is 3.46. The second kappa shape index (κ2) is 6.12. The molecule has 3 nitrogen and oxygen atoms in total. The predicted molar refractivity (Wildman–Crippen MR) is 68.8 cm³/mol. The summed E-state index contributed by atoms with van der Waals surface area (Å²) < 4.78 is 5.68. The van der Waals surface area contributed by atoms with Gasteiger partial charge in [-0.05, 0) is 37.3 Å². The van der Waals surface area contributed by atoms with Gasteiger partial charge < -0.3 is 10.1 Å². The topological polar surface area (TPSA) is 34.1 Å². The Bertz CT molecular complexity index is 337. The lowest BCUT2D eigenvalue weighted by Crippen LogP contribution is -2.27. The van der Waals surface area contributed by atoms with E-state index in [1.165, 1.54) is 12.0 Å². The van der Waals surface area contributed by atoms with E-state index in [9.17, 15) is 0 Å². The molecule has 2 atom stereocenters. The fourth-order valence-electron chi connectivity index (χ4n) is 2.38. The Morgan fingerprint density at radius 1 is 1.47 bits per heavy atom. The molecule has 1 aliphatic rings. The van der Waals surface area contributed by atoms with Crippen LogP contribution in [0.4, 0.5) is 0 Å². The zero-order valence-electron chi connectivity index (χ0n) is 10.8. The summed E-state index contributed by atoms with van der Waals surface area (Å²) >= 11 is 0. The first-order valence-corrected chi connectivity index (χ1v) is 6.53. The number of aromatic nitrogens is 1. The van der Waals surface area contributed by atoms with Gasteiger partial charge in [0.05, 0.1) is 6.10 Å². The molecule has 0 saturated carbocycles. The summed E-state index contributed by atoms with van der Waals surface area (Å²) in [5, 5.41) is 3.51. The van der Waals surface area contributed by atoms with Crippen molar-refractivity contribution in [3.8, 4) is 0 Å². The summed E-state index contributed by atoms with van der Waals surface area (Å²) in [6.07, 6.45) is 4.72. The third-order valence-electron chi connectivity index (χ3n) is 3.46. The van der Waals surface area contributed by atoms with E-state index in [1.807, 2.05) is 13.1 Å². The zero-order chi connectivity index (χ0) is 12.1. The molecule has 0 aliphatic carbocycles. The van der Waals surface area contributed by atoms with Crippen LogP contribution in [0.25, 0.3) is 0 Å². The zero-order valence-corrected chi connectivity index (χ0v) is 10.8. The standard InChI is InChI=1S/C14H22N2O/c1-3-14-13(6-7-17-14)10-15-8-12-5-4-11(2)16-9-12/h4-5,9,13-15H,3,6-8,10H2,1-2H3. The summed E-state index contributed by atoms with van der Waals surface area (Å²) in [5.74, 6) is 0.679. The highest BCUT2D eigenvalue weighted by Crippen LogP contribution is 2.22. The van der Waals surface area contributed by atoms with Crippen LogP contribution in [-0.4, -0.2) is 24.2 Å². The lowest BCUT2D eigenvalue weighted by molar-refractivity contribution is 0.0872. The molecule has 0 radical (unpaired) electrons. The van der Waals surface area contributed by atoms with E-state index in [-0.39, 0.29) is 0 Å². The first-order chi connectivity index (χ1) is 8.29. The van der Waals surface area contributed by atoms with Crippen molar-refractivity contribution in [1.29, 1.82) is 0 Å². The molecule has 1 N–H and O–H groups in total. The minimum absolute atomic E-state index is 0.457. The fraction of sp³-hybridized carbons (Fsp3) is 0.643. The summed E-state index contributed by atoms with van der Waals surface area (Å²) in [4.78, 5) is 4.30. The molecule has 2 rings (SSSR count). The molecule has 94 valence electrons. The second-order valence-corrected chi connectivity index (χ2v) is 4.80. The van der Waals surface area contributed by atoms with Gasteiger partial charge in [0.15, 0.2) is 0 Å². The third kappa shape index (κ3) is 3.51. The lowest BCUT2D eigenvalue weighted by Gasteiger charge is -2.17. The van der Waals surface area contributed by atoms with Gasteiger partial charge in [-0.1, -0.05) is 13.0 Å². The van der Waals surface area contributed by atoms with Gasteiger partial charge in [-0.3, -0.25) is 4.98 Å². The van der Waals surface area contributed by atoms with Crippen molar-refractivity contribution in [3.05, 3.63) is 29.6 Å². The summed E-state index contributed by atoms with van der Waals surface area (Å²) in [6, 6.07) is 4.20. The first kappa shape index (κ1) is 12.5. The van der Waals surface area contributed by atoms with Crippen molar-refractivity contribution in [3.63, 3.8) is 0 Å². The molecule has 17 heavy (non-hydrogen) atoms. The Kier molecular flexibility index (Phi) is 4.51. The summed E-state index contributed by atoms with van der Waals surface area (Å²) in [5.41, 5.74) is 2.33. The molecule has 1 aromatic rings. The summed E-state index contributed by atoms with van der Waals surface area (Å²) in [6.45, 7) is 7.09. The van der Waals surface area contributed by atoms with E-state index in [2.05, 4.69) is 29.4 Å². The van der Waals surface area contributed by atoms with Crippen molar-refractivity contribution in [2.45, 2.75) is 39.3 Å². The van der Waals surface area contributed by atoms with E-state index < -0.39 is 0 Å². The van der Waals surface area contributed by atoms with Gasteiger partial charge in [0, 0.05) is 31.6 Å². The normalized spacial score (nSPS) is 24.1. The maximum Gasteiger partial charge on any atom is 0.0613 e. The highest BCUT2D eigenvalue weighted by atomic mass is 16.5. The van der Waals surface area contributed by atoms with E-state index in [4.69, 9.17) is 4.74 Å². The van der Waals surface area contributed by atoms with Gasteiger partial charge in [-0.25, -0.2) is 0 Å². The number of ether oxygens (including phenoxy) is 1. The van der Waals surface area contributed by atoms with Gasteiger partial charge in [0.2, 0.25) is 0 Å². The molecule has 1 aliphatic heterocycles. The summed E-state index contributed by atoms with van der Waals surface area (Å²) in [7, 11) is 0. The monoisotopic (exact) mass is 234 g/mol. The van der Waals surface area contributed by atoms with Crippen LogP contribution in [0, 0.1) is 12.8 Å². The van der Waals surface area contributed by atoms with Crippen molar-refractivity contribution >= 4 is 0 Å². The molecular weight excluding hydrogens is 212 g/mol. The first-order valence-electron chi connectivity index (χ1n) is 6.53. The Balaban J connectivity index is 1.74. The number of rotatable bonds is 5. The van der Waals surface area contributed by atoms with Gasteiger partial charge in [0.1, 0.15) is 0 Å². The fourth-order valence-corrected chi connectivity index (χ4v) is 2.38. The van der Waals surface area contributed by atoms with Gasteiger partial charge >= 0.3 is 0 Å². The number of pyridine rings is 1. The Morgan fingerprint density at radius 3 is 3.06 bits per heavy atom. The lowest BCUT2D eigenvalue weighted by atomic mass is 10.00. The smallest absolute Gasteiger partial charge is 0.0613 e. The highest BCUT2D eigenvalue weighted by molar-refractivity contribution is 5.12. The second-order valence-electron chi connectivity index (χ2n) is 4.80. The Labute approximate surface area is 104 Å². The molecular formula is C14H22N2O. The van der Waals surface area contributed by atoms with Gasteiger partial charge in [0.25, 0.3) is 0 Å². The van der Waals surface area contributed by atoms with E-state index in [0.717, 1.165) is 31.8 Å². The molecule has 0 amide bonds. The quantitative estimate of drug-likeness (QED) is 0.849. The number of nitrogens with one attached hydrogen (secondary N) is 1. The molecule has 0 bridgehead atoms. The number of hydrogen-bond acceptors (Lipinski definition) is 3.